The molecule has 0 unspecified atom stereocenters. The van der Waals surface area contributed by atoms with Crippen LogP contribution in [0.1, 0.15) is 19.8 Å². The van der Waals surface area contributed by atoms with Gasteiger partial charge in [-0.1, -0.05) is 18.2 Å². The van der Waals surface area contributed by atoms with E-state index in [0.717, 1.165) is 24.3 Å². The average Bonchev–Trinajstić information content (AvgIpc) is 2.65. The summed E-state index contributed by atoms with van der Waals surface area (Å²) in [5.74, 6) is 2.13. The number of carbonyl (C=O) groups excluding carboxylic acids is 1. The van der Waals surface area contributed by atoms with Crippen molar-refractivity contribution >= 4 is 5.91 Å². The van der Waals surface area contributed by atoms with Crippen LogP contribution in [0.5, 0.6) is 17.2 Å². The van der Waals surface area contributed by atoms with E-state index < -0.39 is 6.10 Å². The molecule has 0 aliphatic heterocycles. The van der Waals surface area contributed by atoms with Gasteiger partial charge in [0.05, 0.1) is 13.7 Å². The normalized spacial score (nSPS) is 11.4. The monoisotopic (exact) mass is 343 g/mol. The first-order valence-corrected chi connectivity index (χ1v) is 8.45. The Morgan fingerprint density at radius 1 is 0.960 bits per heavy atom. The van der Waals surface area contributed by atoms with Crippen LogP contribution in [0.15, 0.2) is 54.6 Å². The Balaban J connectivity index is 1.59. The maximum atomic E-state index is 12.0. The van der Waals surface area contributed by atoms with Gasteiger partial charge in [0.25, 0.3) is 5.91 Å². The average molecular weight is 343 g/mol. The summed E-state index contributed by atoms with van der Waals surface area (Å²) < 4.78 is 16.3. The number of methoxy groups -OCH3 is 1. The Kier molecular flexibility index (Phi) is 7.63. The molecule has 0 bridgehead atoms. The van der Waals surface area contributed by atoms with Crippen LogP contribution in [0, 0.1) is 0 Å². The van der Waals surface area contributed by atoms with Crippen LogP contribution >= 0.6 is 0 Å². The van der Waals surface area contributed by atoms with Gasteiger partial charge in [-0.25, -0.2) is 0 Å². The van der Waals surface area contributed by atoms with Crippen molar-refractivity contribution in [2.75, 3.05) is 20.3 Å². The topological polar surface area (TPSA) is 56.8 Å². The summed E-state index contributed by atoms with van der Waals surface area (Å²) in [5.41, 5.74) is 0. The highest BCUT2D eigenvalue weighted by molar-refractivity contribution is 5.80. The third-order valence-corrected chi connectivity index (χ3v) is 3.62. The van der Waals surface area contributed by atoms with Crippen molar-refractivity contribution in [2.24, 2.45) is 0 Å². The van der Waals surface area contributed by atoms with Crippen LogP contribution < -0.4 is 19.5 Å². The van der Waals surface area contributed by atoms with E-state index in [1.54, 1.807) is 38.3 Å². The second-order valence-electron chi connectivity index (χ2n) is 5.60. The van der Waals surface area contributed by atoms with Crippen molar-refractivity contribution in [3.63, 3.8) is 0 Å². The molecule has 1 amide bonds. The fourth-order valence-electron chi connectivity index (χ4n) is 2.20. The van der Waals surface area contributed by atoms with Crippen molar-refractivity contribution in [1.29, 1.82) is 0 Å². The van der Waals surface area contributed by atoms with Crippen LogP contribution in [0.25, 0.3) is 0 Å². The van der Waals surface area contributed by atoms with E-state index in [1.165, 1.54) is 0 Å². The first-order chi connectivity index (χ1) is 12.2. The summed E-state index contributed by atoms with van der Waals surface area (Å²) in [6, 6.07) is 16.9. The highest BCUT2D eigenvalue weighted by atomic mass is 16.5. The third kappa shape index (κ3) is 6.75. The molecule has 134 valence electrons. The molecule has 0 aliphatic carbocycles. The molecule has 1 atom stereocenters. The molecule has 0 aliphatic rings. The second-order valence-corrected chi connectivity index (χ2v) is 5.60. The smallest absolute Gasteiger partial charge is 0.260 e. The molecule has 0 spiro atoms. The van der Waals surface area contributed by atoms with E-state index in [0.29, 0.717) is 18.9 Å². The largest absolute Gasteiger partial charge is 0.497 e. The number of rotatable bonds is 10. The minimum absolute atomic E-state index is 0.125. The zero-order valence-electron chi connectivity index (χ0n) is 14.7. The number of amides is 1. The molecule has 2 aromatic rings. The molecule has 0 fully saturated rings. The second kappa shape index (κ2) is 10.2. The van der Waals surface area contributed by atoms with E-state index in [2.05, 4.69) is 5.32 Å². The van der Waals surface area contributed by atoms with Gasteiger partial charge in [0.1, 0.15) is 17.2 Å². The summed E-state index contributed by atoms with van der Waals surface area (Å²) in [5, 5.41) is 2.88. The van der Waals surface area contributed by atoms with Crippen LogP contribution in [0.3, 0.4) is 0 Å². The lowest BCUT2D eigenvalue weighted by Gasteiger charge is -2.15. The van der Waals surface area contributed by atoms with Gasteiger partial charge in [-0.15, -0.1) is 0 Å². The van der Waals surface area contributed by atoms with Crippen LogP contribution in [0.2, 0.25) is 0 Å². The summed E-state index contributed by atoms with van der Waals surface area (Å²) in [6.45, 7) is 2.98. The SMILES string of the molecule is COc1ccc(O[C@H](C)C(=O)NCCCCOc2ccccc2)cc1. The molecular weight excluding hydrogens is 318 g/mol. The molecule has 1 N–H and O–H groups in total. The van der Waals surface area contributed by atoms with Gasteiger partial charge >= 0.3 is 0 Å². The van der Waals surface area contributed by atoms with Gasteiger partial charge in [0, 0.05) is 6.54 Å². The summed E-state index contributed by atoms with van der Waals surface area (Å²) in [7, 11) is 1.61. The Hall–Kier alpha value is -2.69. The molecule has 0 aromatic heterocycles. The lowest BCUT2D eigenvalue weighted by Crippen LogP contribution is -2.36. The molecule has 5 nitrogen and oxygen atoms in total. The van der Waals surface area contributed by atoms with E-state index in [4.69, 9.17) is 14.2 Å². The third-order valence-electron chi connectivity index (χ3n) is 3.62. The van der Waals surface area contributed by atoms with Crippen LogP contribution in [-0.2, 0) is 4.79 Å². The molecule has 0 saturated heterocycles. The van der Waals surface area contributed by atoms with Gasteiger partial charge in [-0.3, -0.25) is 4.79 Å². The van der Waals surface area contributed by atoms with Gasteiger partial charge in [0.15, 0.2) is 6.10 Å². The Bertz CT molecular complexity index is 628. The van der Waals surface area contributed by atoms with Gasteiger partial charge in [0.2, 0.25) is 0 Å². The lowest BCUT2D eigenvalue weighted by molar-refractivity contribution is -0.127. The Labute approximate surface area is 148 Å². The van der Waals surface area contributed by atoms with Crippen molar-refractivity contribution < 1.29 is 19.0 Å². The van der Waals surface area contributed by atoms with Crippen molar-refractivity contribution in [3.05, 3.63) is 54.6 Å². The maximum absolute atomic E-state index is 12.0. The van der Waals surface area contributed by atoms with Gasteiger partial charge in [-0.05, 0) is 56.2 Å². The van der Waals surface area contributed by atoms with E-state index in [-0.39, 0.29) is 5.91 Å². The Morgan fingerprint density at radius 2 is 1.64 bits per heavy atom. The number of unbranched alkanes of at least 4 members (excludes halogenated alkanes) is 1. The molecule has 2 rings (SSSR count). The first kappa shape index (κ1) is 18.6. The predicted molar refractivity (Wildman–Crippen MR) is 97.3 cm³/mol. The lowest BCUT2D eigenvalue weighted by atomic mass is 10.3. The molecule has 0 heterocycles. The number of carbonyl (C=O) groups is 1. The van der Waals surface area contributed by atoms with Crippen molar-refractivity contribution in [2.45, 2.75) is 25.9 Å². The zero-order chi connectivity index (χ0) is 17.9. The fraction of sp³-hybridized carbons (Fsp3) is 0.350. The Morgan fingerprint density at radius 3 is 2.32 bits per heavy atom. The number of nitrogens with one attached hydrogen (secondary N) is 1. The van der Waals surface area contributed by atoms with Crippen LogP contribution in [-0.4, -0.2) is 32.3 Å². The number of ether oxygens (including phenoxy) is 3. The highest BCUT2D eigenvalue weighted by Gasteiger charge is 2.13. The molecule has 0 saturated carbocycles. The summed E-state index contributed by atoms with van der Waals surface area (Å²) in [6.07, 6.45) is 1.19. The van der Waals surface area contributed by atoms with E-state index >= 15 is 0 Å². The predicted octanol–water partition coefficient (Wildman–Crippen LogP) is 3.44. The molecule has 0 radical (unpaired) electrons. The van der Waals surface area contributed by atoms with Crippen molar-refractivity contribution in [1.82, 2.24) is 5.32 Å². The maximum Gasteiger partial charge on any atom is 0.260 e. The number of hydrogen-bond acceptors (Lipinski definition) is 4. The van der Waals surface area contributed by atoms with E-state index in [9.17, 15) is 4.79 Å². The van der Waals surface area contributed by atoms with Gasteiger partial charge in [-0.2, -0.15) is 0 Å². The summed E-state index contributed by atoms with van der Waals surface area (Å²) >= 11 is 0. The molecule has 25 heavy (non-hydrogen) atoms. The zero-order valence-corrected chi connectivity index (χ0v) is 14.7. The minimum Gasteiger partial charge on any atom is -0.497 e. The van der Waals surface area contributed by atoms with E-state index in [1.807, 2.05) is 30.3 Å². The molecule has 5 heteroatoms. The number of para-hydroxylation sites is 1. The fourth-order valence-corrected chi connectivity index (χ4v) is 2.20. The number of hydrogen-bond donors (Lipinski definition) is 1. The standard InChI is InChI=1S/C20H25NO4/c1-16(25-19-12-10-17(23-2)11-13-19)20(22)21-14-6-7-15-24-18-8-4-3-5-9-18/h3-5,8-13,16H,6-7,14-15H2,1-2H3,(H,21,22)/t16-/m1/s1. The molecule has 2 aromatic carbocycles. The van der Waals surface area contributed by atoms with Crippen molar-refractivity contribution in [3.8, 4) is 17.2 Å². The highest BCUT2D eigenvalue weighted by Crippen LogP contribution is 2.18. The minimum atomic E-state index is -0.547. The first-order valence-electron chi connectivity index (χ1n) is 8.45. The molecular formula is C20H25NO4. The quantitative estimate of drug-likeness (QED) is 0.672. The summed E-state index contributed by atoms with van der Waals surface area (Å²) in [4.78, 5) is 12.0. The van der Waals surface area contributed by atoms with Gasteiger partial charge < -0.3 is 19.5 Å². The number of benzene rings is 2. The van der Waals surface area contributed by atoms with Crippen LogP contribution in [0.4, 0.5) is 0 Å².